The van der Waals surface area contributed by atoms with Crippen LogP contribution in [0.15, 0.2) is 42.5 Å². The van der Waals surface area contributed by atoms with Crippen molar-refractivity contribution in [3.05, 3.63) is 48.0 Å². The van der Waals surface area contributed by atoms with Crippen LogP contribution in [0.2, 0.25) is 0 Å². The van der Waals surface area contributed by atoms with Crippen LogP contribution in [-0.4, -0.2) is 33.9 Å². The molecule has 0 unspecified atom stereocenters. The molecule has 0 saturated heterocycles. The topological polar surface area (TPSA) is 68.8 Å². The third-order valence-corrected chi connectivity index (χ3v) is 3.49. The molecule has 0 aliphatic heterocycles. The number of hydrogen-bond acceptors (Lipinski definition) is 4. The van der Waals surface area contributed by atoms with Gasteiger partial charge < -0.3 is 24.8 Å². The highest BCUT2D eigenvalue weighted by Crippen LogP contribution is 2.28. The molecule has 0 bridgehead atoms. The molecule has 128 valence electrons. The maximum Gasteiger partial charge on any atom is 0.319 e. The number of urea groups is 1. The lowest BCUT2D eigenvalue weighted by molar-refractivity contribution is 0.252. The minimum atomic E-state index is -0.301. The molecule has 2 rings (SSSR count). The summed E-state index contributed by atoms with van der Waals surface area (Å²) in [6.07, 6.45) is 0.708. The van der Waals surface area contributed by atoms with Gasteiger partial charge in [0.05, 0.1) is 27.0 Å². The Hall–Kier alpha value is -2.89. The van der Waals surface area contributed by atoms with E-state index in [2.05, 4.69) is 10.6 Å². The molecule has 0 spiro atoms. The molecule has 0 aliphatic carbocycles. The fourth-order valence-electron chi connectivity index (χ4n) is 2.23. The van der Waals surface area contributed by atoms with E-state index >= 15 is 0 Å². The van der Waals surface area contributed by atoms with Gasteiger partial charge in [-0.1, -0.05) is 12.1 Å². The summed E-state index contributed by atoms with van der Waals surface area (Å²) in [4.78, 5) is 12.1. The number of ether oxygens (including phenoxy) is 3. The van der Waals surface area contributed by atoms with Crippen LogP contribution in [0.4, 0.5) is 10.5 Å². The van der Waals surface area contributed by atoms with Gasteiger partial charge >= 0.3 is 6.03 Å². The minimum absolute atomic E-state index is 0.301. The quantitative estimate of drug-likeness (QED) is 0.818. The van der Waals surface area contributed by atoms with E-state index < -0.39 is 0 Å². The highest BCUT2D eigenvalue weighted by molar-refractivity contribution is 5.91. The first-order chi connectivity index (χ1) is 11.7. The van der Waals surface area contributed by atoms with E-state index in [1.165, 1.54) is 0 Å². The zero-order chi connectivity index (χ0) is 17.4. The average molecular weight is 330 g/mol. The van der Waals surface area contributed by atoms with Crippen LogP contribution in [0.25, 0.3) is 0 Å². The Morgan fingerprint density at radius 3 is 2.42 bits per heavy atom. The normalized spacial score (nSPS) is 9.96. The van der Waals surface area contributed by atoms with Crippen molar-refractivity contribution in [3.63, 3.8) is 0 Å². The van der Waals surface area contributed by atoms with Crippen LogP contribution in [0.1, 0.15) is 5.56 Å². The van der Waals surface area contributed by atoms with E-state index in [1.54, 1.807) is 39.5 Å². The largest absolute Gasteiger partial charge is 0.497 e. The number of methoxy groups -OCH3 is 3. The van der Waals surface area contributed by atoms with Gasteiger partial charge in [-0.05, 0) is 36.2 Å². The summed E-state index contributed by atoms with van der Waals surface area (Å²) in [5, 5.41) is 5.58. The number of nitrogens with one attached hydrogen (secondary N) is 2. The highest BCUT2D eigenvalue weighted by Gasteiger charge is 2.08. The summed E-state index contributed by atoms with van der Waals surface area (Å²) in [7, 11) is 4.75. The van der Waals surface area contributed by atoms with Gasteiger partial charge in [0.25, 0.3) is 0 Å². The van der Waals surface area contributed by atoms with E-state index in [0.717, 1.165) is 11.3 Å². The Morgan fingerprint density at radius 1 is 0.958 bits per heavy atom. The molecule has 0 radical (unpaired) electrons. The lowest BCUT2D eigenvalue weighted by atomic mass is 10.1. The first-order valence-corrected chi connectivity index (χ1v) is 7.56. The van der Waals surface area contributed by atoms with E-state index in [0.29, 0.717) is 30.2 Å². The smallest absolute Gasteiger partial charge is 0.319 e. The predicted molar refractivity (Wildman–Crippen MR) is 93.3 cm³/mol. The van der Waals surface area contributed by atoms with Crippen molar-refractivity contribution < 1.29 is 19.0 Å². The summed E-state index contributed by atoms with van der Waals surface area (Å²) in [6, 6.07) is 12.7. The van der Waals surface area contributed by atoms with Crippen molar-refractivity contribution in [2.24, 2.45) is 0 Å². The molecular weight excluding hydrogens is 308 g/mol. The first kappa shape index (κ1) is 17.5. The number of carbonyl (C=O) groups is 1. The van der Waals surface area contributed by atoms with E-state index in [-0.39, 0.29) is 6.03 Å². The number of benzene rings is 2. The summed E-state index contributed by atoms with van der Waals surface area (Å²) < 4.78 is 15.6. The van der Waals surface area contributed by atoms with Crippen molar-refractivity contribution in [2.45, 2.75) is 6.42 Å². The van der Waals surface area contributed by atoms with Crippen LogP contribution >= 0.6 is 0 Å². The molecule has 6 nitrogen and oxygen atoms in total. The van der Waals surface area contributed by atoms with Crippen LogP contribution in [-0.2, 0) is 6.42 Å². The molecule has 24 heavy (non-hydrogen) atoms. The maximum absolute atomic E-state index is 12.1. The fourth-order valence-corrected chi connectivity index (χ4v) is 2.23. The molecule has 0 heterocycles. The zero-order valence-electron chi connectivity index (χ0n) is 14.1. The van der Waals surface area contributed by atoms with Gasteiger partial charge in [0.15, 0.2) is 0 Å². The average Bonchev–Trinajstić information content (AvgIpc) is 2.61. The summed E-state index contributed by atoms with van der Waals surface area (Å²) in [5.41, 5.74) is 1.64. The Kier molecular flexibility index (Phi) is 6.31. The first-order valence-electron chi connectivity index (χ1n) is 7.56. The standard InChI is InChI=1S/C18H22N2O4/c1-22-14-6-4-5-13(11-14)9-10-19-18(21)20-16-12-15(23-2)7-8-17(16)24-3/h4-8,11-12H,9-10H2,1-3H3,(H2,19,20,21). The van der Waals surface area contributed by atoms with Gasteiger partial charge in [-0.15, -0.1) is 0 Å². The second-order valence-corrected chi connectivity index (χ2v) is 5.05. The van der Waals surface area contributed by atoms with Gasteiger partial charge in [0.2, 0.25) is 0 Å². The van der Waals surface area contributed by atoms with E-state index in [4.69, 9.17) is 14.2 Å². The summed E-state index contributed by atoms with van der Waals surface area (Å²) in [5.74, 6) is 2.01. The Balaban J connectivity index is 1.89. The van der Waals surface area contributed by atoms with Crippen molar-refractivity contribution >= 4 is 11.7 Å². The molecule has 6 heteroatoms. The molecule has 2 N–H and O–H groups in total. The van der Waals surface area contributed by atoms with Crippen molar-refractivity contribution in [1.29, 1.82) is 0 Å². The van der Waals surface area contributed by atoms with Crippen molar-refractivity contribution in [2.75, 3.05) is 33.2 Å². The number of amides is 2. The van der Waals surface area contributed by atoms with Gasteiger partial charge in [-0.25, -0.2) is 4.79 Å². The summed E-state index contributed by atoms with van der Waals surface area (Å²) >= 11 is 0. The van der Waals surface area contributed by atoms with Gasteiger partial charge in [0, 0.05) is 12.6 Å². The number of anilines is 1. The second-order valence-electron chi connectivity index (χ2n) is 5.05. The number of carbonyl (C=O) groups excluding carboxylic acids is 1. The predicted octanol–water partition coefficient (Wildman–Crippen LogP) is 3.08. The minimum Gasteiger partial charge on any atom is -0.497 e. The van der Waals surface area contributed by atoms with Crippen molar-refractivity contribution in [3.8, 4) is 17.2 Å². The van der Waals surface area contributed by atoms with Gasteiger partial charge in [-0.2, -0.15) is 0 Å². The molecule has 2 aromatic carbocycles. The zero-order valence-corrected chi connectivity index (χ0v) is 14.1. The Morgan fingerprint density at radius 2 is 1.71 bits per heavy atom. The number of hydrogen-bond donors (Lipinski definition) is 2. The molecule has 0 aliphatic rings. The molecule has 0 aromatic heterocycles. The maximum atomic E-state index is 12.1. The Labute approximate surface area is 141 Å². The second kappa shape index (κ2) is 8.67. The van der Waals surface area contributed by atoms with Crippen LogP contribution < -0.4 is 24.8 Å². The van der Waals surface area contributed by atoms with Gasteiger partial charge in [-0.3, -0.25) is 0 Å². The molecule has 0 saturated carbocycles. The lowest BCUT2D eigenvalue weighted by Crippen LogP contribution is -2.30. The van der Waals surface area contributed by atoms with E-state index in [9.17, 15) is 4.79 Å². The third-order valence-electron chi connectivity index (χ3n) is 3.49. The monoisotopic (exact) mass is 330 g/mol. The third kappa shape index (κ3) is 4.81. The molecule has 0 fully saturated rings. The molecular formula is C18H22N2O4. The molecule has 2 aromatic rings. The highest BCUT2D eigenvalue weighted by atomic mass is 16.5. The van der Waals surface area contributed by atoms with Crippen LogP contribution in [0, 0.1) is 0 Å². The van der Waals surface area contributed by atoms with Gasteiger partial charge in [0.1, 0.15) is 17.2 Å². The summed E-state index contributed by atoms with van der Waals surface area (Å²) in [6.45, 7) is 0.505. The van der Waals surface area contributed by atoms with Crippen molar-refractivity contribution in [1.82, 2.24) is 5.32 Å². The lowest BCUT2D eigenvalue weighted by Gasteiger charge is -2.12. The Bertz CT molecular complexity index is 688. The SMILES string of the molecule is COc1cccc(CCNC(=O)Nc2cc(OC)ccc2OC)c1. The van der Waals surface area contributed by atoms with Crippen LogP contribution in [0.5, 0.6) is 17.2 Å². The van der Waals surface area contributed by atoms with E-state index in [1.807, 2.05) is 24.3 Å². The molecule has 2 amide bonds. The fraction of sp³-hybridized carbons (Fsp3) is 0.278. The molecule has 0 atom stereocenters. The van der Waals surface area contributed by atoms with Crippen LogP contribution in [0.3, 0.4) is 0 Å². The number of rotatable bonds is 7.